The second-order valence-electron chi connectivity index (χ2n) is 6.23. The van der Waals surface area contributed by atoms with Gasteiger partial charge in [-0.3, -0.25) is 10.1 Å². The molecule has 1 aliphatic rings. The molecule has 26 heavy (non-hydrogen) atoms. The number of rotatable bonds is 3. The summed E-state index contributed by atoms with van der Waals surface area (Å²) >= 11 is 3.32. The van der Waals surface area contributed by atoms with Crippen LogP contribution in [0.2, 0.25) is 0 Å². The van der Waals surface area contributed by atoms with Crippen LogP contribution in [0, 0.1) is 0 Å². The highest BCUT2D eigenvalue weighted by Gasteiger charge is 2.20. The van der Waals surface area contributed by atoms with E-state index in [0.29, 0.717) is 5.16 Å². The fraction of sp³-hybridized carbons (Fsp3) is 0.278. The van der Waals surface area contributed by atoms with Gasteiger partial charge in [0.1, 0.15) is 16.2 Å². The van der Waals surface area contributed by atoms with E-state index in [9.17, 15) is 0 Å². The van der Waals surface area contributed by atoms with Gasteiger partial charge in [-0.2, -0.15) is 0 Å². The Bertz CT molecular complexity index is 1060. The van der Waals surface area contributed by atoms with Gasteiger partial charge in [0, 0.05) is 28.2 Å². The van der Waals surface area contributed by atoms with E-state index >= 15 is 0 Å². The number of nitrogens with zero attached hydrogens (tertiary/aromatic N) is 5. The molecule has 0 radical (unpaired) electrons. The molecule has 0 saturated carbocycles. The number of H-pyrrole nitrogens is 1. The van der Waals surface area contributed by atoms with Crippen LogP contribution in [0.25, 0.3) is 21.6 Å². The molecule has 8 heteroatoms. The predicted octanol–water partition coefficient (Wildman–Crippen LogP) is 4.29. The Balaban J connectivity index is 1.52. The Labute approximate surface area is 158 Å². The molecule has 6 nitrogen and oxygen atoms in total. The first-order valence-electron chi connectivity index (χ1n) is 8.64. The first-order valence-corrected chi connectivity index (χ1v) is 10.3. The van der Waals surface area contributed by atoms with Crippen molar-refractivity contribution in [3.63, 3.8) is 0 Å². The zero-order valence-electron chi connectivity index (χ0n) is 14.0. The van der Waals surface area contributed by atoms with E-state index in [4.69, 9.17) is 0 Å². The second kappa shape index (κ2) is 6.77. The molecule has 0 amide bonds. The maximum Gasteiger partial charge on any atom is 0.215 e. The Morgan fingerprint density at radius 1 is 1.04 bits per heavy atom. The molecule has 0 bridgehead atoms. The standard InChI is InChI=1S/C18H16N6S2/c1-2-4-12-13(5-3-1)25-16-14(12)17(21-10-20-16)26-18-22-15(23-24-18)11-6-8-19-9-7-11/h6-10H,1-5H2,(H,22,23,24). The van der Waals surface area contributed by atoms with Crippen molar-refractivity contribution in [3.05, 3.63) is 41.3 Å². The smallest absolute Gasteiger partial charge is 0.215 e. The van der Waals surface area contributed by atoms with Gasteiger partial charge in [-0.15, -0.1) is 16.4 Å². The van der Waals surface area contributed by atoms with Gasteiger partial charge in [-0.05, 0) is 55.1 Å². The number of pyridine rings is 1. The van der Waals surface area contributed by atoms with E-state index in [0.717, 1.165) is 34.1 Å². The molecule has 0 saturated heterocycles. The van der Waals surface area contributed by atoms with Crippen LogP contribution in [0.3, 0.4) is 0 Å². The van der Waals surface area contributed by atoms with E-state index in [1.54, 1.807) is 18.7 Å². The molecule has 0 atom stereocenters. The van der Waals surface area contributed by atoms with Crippen molar-refractivity contribution >= 4 is 33.3 Å². The average molecular weight is 381 g/mol. The molecule has 1 N–H and O–H groups in total. The lowest BCUT2D eigenvalue weighted by molar-refractivity contribution is 0.713. The lowest BCUT2D eigenvalue weighted by atomic mass is 10.1. The van der Waals surface area contributed by atoms with Crippen molar-refractivity contribution in [2.75, 3.05) is 0 Å². The van der Waals surface area contributed by atoms with Gasteiger partial charge < -0.3 is 0 Å². The first kappa shape index (κ1) is 15.9. The topological polar surface area (TPSA) is 80.2 Å². The fourth-order valence-corrected chi connectivity index (χ4v) is 5.45. The van der Waals surface area contributed by atoms with Crippen molar-refractivity contribution in [2.45, 2.75) is 42.3 Å². The summed E-state index contributed by atoms with van der Waals surface area (Å²) in [7, 11) is 0. The number of aromatic amines is 1. The third-order valence-electron chi connectivity index (χ3n) is 4.57. The molecule has 130 valence electrons. The summed E-state index contributed by atoms with van der Waals surface area (Å²) in [5.41, 5.74) is 2.41. The van der Waals surface area contributed by atoms with Crippen LogP contribution in [0.1, 0.15) is 29.7 Å². The highest BCUT2D eigenvalue weighted by molar-refractivity contribution is 7.99. The Hall–Kier alpha value is -2.32. The van der Waals surface area contributed by atoms with Gasteiger partial charge >= 0.3 is 0 Å². The van der Waals surface area contributed by atoms with Crippen LogP contribution in [-0.4, -0.2) is 30.1 Å². The normalized spacial score (nSPS) is 14.3. The third kappa shape index (κ3) is 2.89. The molecule has 0 aromatic carbocycles. The minimum Gasteiger partial charge on any atom is -0.265 e. The molecule has 4 aromatic heterocycles. The second-order valence-corrected chi connectivity index (χ2v) is 8.27. The van der Waals surface area contributed by atoms with Crippen LogP contribution in [0.15, 0.2) is 41.0 Å². The first-order chi connectivity index (χ1) is 12.9. The van der Waals surface area contributed by atoms with E-state index in [1.807, 2.05) is 23.5 Å². The van der Waals surface area contributed by atoms with Crippen LogP contribution < -0.4 is 0 Å². The maximum atomic E-state index is 4.61. The number of hydrogen-bond donors (Lipinski definition) is 1. The molecule has 4 aromatic rings. The number of aromatic nitrogens is 6. The van der Waals surface area contributed by atoms with E-state index in [2.05, 4.69) is 30.1 Å². The lowest BCUT2D eigenvalue weighted by Crippen LogP contribution is -1.90. The molecule has 0 fully saturated rings. The van der Waals surface area contributed by atoms with Crippen LogP contribution in [-0.2, 0) is 12.8 Å². The Kier molecular flexibility index (Phi) is 4.14. The largest absolute Gasteiger partial charge is 0.265 e. The van der Waals surface area contributed by atoms with Crippen molar-refractivity contribution < 1.29 is 0 Å². The summed E-state index contributed by atoms with van der Waals surface area (Å²) in [6.45, 7) is 0. The molecule has 0 spiro atoms. The summed E-state index contributed by atoms with van der Waals surface area (Å²) in [5.74, 6) is 0.740. The number of hydrogen-bond acceptors (Lipinski definition) is 7. The van der Waals surface area contributed by atoms with Gasteiger partial charge in [-0.25, -0.2) is 15.0 Å². The van der Waals surface area contributed by atoms with Crippen molar-refractivity contribution in [2.24, 2.45) is 0 Å². The molecular weight excluding hydrogens is 364 g/mol. The SMILES string of the molecule is c1cc(-c2nc(Sc3ncnc4sc5c(c34)CCCCC5)n[nH]2)ccn1. The quantitative estimate of drug-likeness (QED) is 0.422. The van der Waals surface area contributed by atoms with Gasteiger partial charge in [0.25, 0.3) is 0 Å². The van der Waals surface area contributed by atoms with E-state index in [1.165, 1.54) is 46.9 Å². The fourth-order valence-electron chi connectivity index (χ4n) is 3.33. The summed E-state index contributed by atoms with van der Waals surface area (Å²) in [6.07, 6.45) is 11.2. The molecular formula is C18H16N6S2. The summed E-state index contributed by atoms with van der Waals surface area (Å²) in [6, 6.07) is 3.83. The minimum atomic E-state index is 0.672. The van der Waals surface area contributed by atoms with Crippen molar-refractivity contribution in [3.8, 4) is 11.4 Å². The monoisotopic (exact) mass is 380 g/mol. The summed E-state index contributed by atoms with van der Waals surface area (Å²) < 4.78 is 0. The molecule has 1 aliphatic carbocycles. The van der Waals surface area contributed by atoms with Crippen LogP contribution in [0.4, 0.5) is 0 Å². The van der Waals surface area contributed by atoms with Crippen molar-refractivity contribution in [1.29, 1.82) is 0 Å². The predicted molar refractivity (Wildman–Crippen MR) is 102 cm³/mol. The number of nitrogens with one attached hydrogen (secondary N) is 1. The number of aryl methyl sites for hydroxylation is 2. The Morgan fingerprint density at radius 2 is 1.92 bits per heavy atom. The van der Waals surface area contributed by atoms with E-state index in [-0.39, 0.29) is 0 Å². The number of thiophene rings is 1. The van der Waals surface area contributed by atoms with Crippen molar-refractivity contribution in [1.82, 2.24) is 30.1 Å². The molecule has 5 rings (SSSR count). The zero-order valence-corrected chi connectivity index (χ0v) is 15.6. The van der Waals surface area contributed by atoms with Crippen LogP contribution in [0.5, 0.6) is 0 Å². The summed E-state index contributed by atoms with van der Waals surface area (Å²) in [4.78, 5) is 20.3. The number of fused-ring (bicyclic) bond motifs is 3. The average Bonchev–Trinajstić information content (AvgIpc) is 3.21. The highest BCUT2D eigenvalue weighted by Crippen LogP contribution is 2.40. The van der Waals surface area contributed by atoms with Gasteiger partial charge in [0.05, 0.1) is 0 Å². The summed E-state index contributed by atoms with van der Waals surface area (Å²) in [5, 5.41) is 10.2. The molecule has 4 heterocycles. The maximum absolute atomic E-state index is 4.61. The zero-order chi connectivity index (χ0) is 17.3. The molecule has 0 aliphatic heterocycles. The van der Waals surface area contributed by atoms with Gasteiger partial charge in [0.15, 0.2) is 5.82 Å². The highest BCUT2D eigenvalue weighted by atomic mass is 32.2. The lowest BCUT2D eigenvalue weighted by Gasteiger charge is -2.02. The van der Waals surface area contributed by atoms with Crippen LogP contribution >= 0.6 is 23.1 Å². The Morgan fingerprint density at radius 3 is 2.85 bits per heavy atom. The third-order valence-corrected chi connectivity index (χ3v) is 6.64. The molecule has 0 unspecified atom stereocenters. The minimum absolute atomic E-state index is 0.672. The van der Waals surface area contributed by atoms with Gasteiger partial charge in [-0.1, -0.05) is 6.42 Å². The van der Waals surface area contributed by atoms with E-state index < -0.39 is 0 Å². The van der Waals surface area contributed by atoms with Gasteiger partial charge in [0.2, 0.25) is 5.16 Å².